The first-order valence-electron chi connectivity index (χ1n) is 5.35. The molecule has 0 radical (unpaired) electrons. The molecule has 0 fully saturated rings. The smallest absolute Gasteiger partial charge is 0.185 e. The van der Waals surface area contributed by atoms with Crippen LogP contribution in [-0.4, -0.2) is 19.1 Å². The molecule has 0 heterocycles. The van der Waals surface area contributed by atoms with Crippen LogP contribution in [0.25, 0.3) is 0 Å². The topological polar surface area (TPSA) is 73.6 Å². The van der Waals surface area contributed by atoms with Gasteiger partial charge in [-0.1, -0.05) is 17.7 Å². The summed E-state index contributed by atoms with van der Waals surface area (Å²) in [6.45, 7) is 5.34. The van der Waals surface area contributed by atoms with Gasteiger partial charge in [0.05, 0.1) is 6.61 Å². The van der Waals surface area contributed by atoms with E-state index in [1.165, 1.54) is 5.56 Å². The van der Waals surface area contributed by atoms with Crippen LogP contribution in [0.4, 0.5) is 0 Å². The second-order valence-electron chi connectivity index (χ2n) is 3.78. The van der Waals surface area contributed by atoms with E-state index in [0.717, 1.165) is 17.7 Å². The zero-order valence-corrected chi connectivity index (χ0v) is 9.86. The molecule has 0 saturated heterocycles. The summed E-state index contributed by atoms with van der Waals surface area (Å²) < 4.78 is 5.62. The molecule has 0 aromatic heterocycles. The lowest BCUT2D eigenvalue weighted by molar-refractivity contribution is 0.311. The lowest BCUT2D eigenvalue weighted by atomic mass is 10.1. The van der Waals surface area contributed by atoms with E-state index in [9.17, 15) is 0 Å². The Morgan fingerprint density at radius 1 is 1.31 bits per heavy atom. The summed E-state index contributed by atoms with van der Waals surface area (Å²) in [5.74, 6) is 1.06. The molecule has 0 aliphatic heterocycles. The Hall–Kier alpha value is -1.71. The summed E-state index contributed by atoms with van der Waals surface area (Å²) in [7, 11) is 0. The van der Waals surface area contributed by atoms with Crippen LogP contribution in [0.3, 0.4) is 0 Å². The number of benzene rings is 1. The van der Waals surface area contributed by atoms with Gasteiger partial charge in [-0.25, -0.2) is 0 Å². The van der Waals surface area contributed by atoms with Crippen LogP contribution in [0, 0.1) is 13.8 Å². The Morgan fingerprint density at radius 2 is 2.06 bits per heavy atom. The van der Waals surface area contributed by atoms with Crippen molar-refractivity contribution < 1.29 is 4.74 Å². The third-order valence-electron chi connectivity index (χ3n) is 2.18. The predicted molar refractivity (Wildman–Crippen MR) is 66.7 cm³/mol. The second-order valence-corrected chi connectivity index (χ2v) is 3.78. The number of hydrogen-bond acceptors (Lipinski definition) is 2. The molecule has 0 aliphatic rings. The number of ether oxygens (including phenoxy) is 1. The van der Waals surface area contributed by atoms with Gasteiger partial charge in [0.1, 0.15) is 5.75 Å². The number of guanidine groups is 1. The lowest BCUT2D eigenvalue weighted by Crippen LogP contribution is -2.23. The maximum absolute atomic E-state index is 5.62. The molecule has 0 atom stereocenters. The van der Waals surface area contributed by atoms with Crippen LogP contribution >= 0.6 is 0 Å². The Balaban J connectivity index is 2.35. The Labute approximate surface area is 96.3 Å². The molecular weight excluding hydrogens is 202 g/mol. The first-order chi connectivity index (χ1) is 7.59. The molecule has 88 valence electrons. The van der Waals surface area contributed by atoms with E-state index >= 15 is 0 Å². The number of hydrogen-bond donors (Lipinski definition) is 2. The van der Waals surface area contributed by atoms with E-state index in [2.05, 4.69) is 18.0 Å². The highest BCUT2D eigenvalue weighted by atomic mass is 16.5. The van der Waals surface area contributed by atoms with Gasteiger partial charge >= 0.3 is 0 Å². The van der Waals surface area contributed by atoms with Gasteiger partial charge in [0.15, 0.2) is 5.96 Å². The van der Waals surface area contributed by atoms with Gasteiger partial charge < -0.3 is 16.2 Å². The summed E-state index contributed by atoms with van der Waals surface area (Å²) in [6.07, 6.45) is 0.811. The maximum atomic E-state index is 5.62. The molecule has 0 amide bonds. The van der Waals surface area contributed by atoms with Crippen molar-refractivity contribution in [3.63, 3.8) is 0 Å². The average molecular weight is 221 g/mol. The molecule has 0 saturated carbocycles. The monoisotopic (exact) mass is 221 g/mol. The number of nitrogens with two attached hydrogens (primary N) is 2. The molecule has 0 bridgehead atoms. The van der Waals surface area contributed by atoms with Crippen molar-refractivity contribution in [2.75, 3.05) is 13.2 Å². The average Bonchev–Trinajstić information content (AvgIpc) is 2.20. The van der Waals surface area contributed by atoms with Crippen molar-refractivity contribution in [3.8, 4) is 5.75 Å². The van der Waals surface area contributed by atoms with Crippen LogP contribution in [0.1, 0.15) is 17.5 Å². The van der Waals surface area contributed by atoms with Gasteiger partial charge in [-0.15, -0.1) is 0 Å². The van der Waals surface area contributed by atoms with E-state index in [-0.39, 0.29) is 5.96 Å². The molecule has 0 spiro atoms. The number of aryl methyl sites for hydroxylation is 2. The van der Waals surface area contributed by atoms with Crippen LogP contribution in [0.15, 0.2) is 23.2 Å². The highest BCUT2D eigenvalue weighted by Gasteiger charge is 1.98. The van der Waals surface area contributed by atoms with Crippen molar-refractivity contribution in [1.82, 2.24) is 0 Å². The van der Waals surface area contributed by atoms with Crippen LogP contribution in [0.2, 0.25) is 0 Å². The van der Waals surface area contributed by atoms with Crippen LogP contribution in [-0.2, 0) is 0 Å². The predicted octanol–water partition coefficient (Wildman–Crippen LogP) is 1.35. The van der Waals surface area contributed by atoms with Gasteiger partial charge in [0.2, 0.25) is 0 Å². The summed E-state index contributed by atoms with van der Waals surface area (Å²) in [6, 6.07) is 6.13. The standard InChI is InChI=1S/C12H19N3O/c1-9-4-5-11(10(2)8-9)16-7-3-6-15-12(13)14/h4-5,8H,3,6-7H2,1-2H3,(H4,13,14,15). The van der Waals surface area contributed by atoms with Crippen molar-refractivity contribution in [2.45, 2.75) is 20.3 Å². The lowest BCUT2D eigenvalue weighted by Gasteiger charge is -2.08. The Bertz CT molecular complexity index is 371. The normalized spacial score (nSPS) is 9.88. The quantitative estimate of drug-likeness (QED) is 0.448. The Morgan fingerprint density at radius 3 is 2.69 bits per heavy atom. The van der Waals surface area contributed by atoms with Gasteiger partial charge in [0, 0.05) is 13.0 Å². The maximum Gasteiger partial charge on any atom is 0.185 e. The number of nitrogens with zero attached hydrogens (tertiary/aromatic N) is 1. The molecule has 1 aromatic rings. The summed E-state index contributed by atoms with van der Waals surface area (Å²) >= 11 is 0. The van der Waals surface area contributed by atoms with Gasteiger partial charge in [-0.05, 0) is 25.5 Å². The van der Waals surface area contributed by atoms with Gasteiger partial charge in [-0.3, -0.25) is 4.99 Å². The zero-order valence-electron chi connectivity index (χ0n) is 9.86. The number of rotatable bonds is 5. The minimum Gasteiger partial charge on any atom is -0.493 e. The highest BCUT2D eigenvalue weighted by molar-refractivity contribution is 5.75. The first kappa shape index (κ1) is 12.4. The third-order valence-corrected chi connectivity index (χ3v) is 2.18. The summed E-state index contributed by atoms with van der Waals surface area (Å²) in [5.41, 5.74) is 12.8. The van der Waals surface area contributed by atoms with Gasteiger partial charge in [-0.2, -0.15) is 0 Å². The van der Waals surface area contributed by atoms with E-state index in [0.29, 0.717) is 13.2 Å². The molecule has 1 aromatic carbocycles. The molecule has 1 rings (SSSR count). The van der Waals surface area contributed by atoms with Crippen LogP contribution < -0.4 is 16.2 Å². The van der Waals surface area contributed by atoms with E-state index < -0.39 is 0 Å². The minimum absolute atomic E-state index is 0.131. The molecule has 16 heavy (non-hydrogen) atoms. The summed E-state index contributed by atoms with van der Waals surface area (Å²) in [5, 5.41) is 0. The molecule has 4 heteroatoms. The fourth-order valence-electron chi connectivity index (χ4n) is 1.42. The molecule has 0 unspecified atom stereocenters. The van der Waals surface area contributed by atoms with Crippen molar-refractivity contribution in [1.29, 1.82) is 0 Å². The minimum atomic E-state index is 0.131. The van der Waals surface area contributed by atoms with Gasteiger partial charge in [0.25, 0.3) is 0 Å². The molecule has 0 aliphatic carbocycles. The van der Waals surface area contributed by atoms with Crippen molar-refractivity contribution >= 4 is 5.96 Å². The Kier molecular flexibility index (Phi) is 4.64. The van der Waals surface area contributed by atoms with E-state index in [4.69, 9.17) is 16.2 Å². The zero-order chi connectivity index (χ0) is 12.0. The van der Waals surface area contributed by atoms with Crippen molar-refractivity contribution in [3.05, 3.63) is 29.3 Å². The SMILES string of the molecule is Cc1ccc(OCCCN=C(N)N)c(C)c1. The number of aliphatic imine (C=N–C) groups is 1. The summed E-state index contributed by atoms with van der Waals surface area (Å²) in [4.78, 5) is 3.88. The van der Waals surface area contributed by atoms with Crippen LogP contribution in [0.5, 0.6) is 5.75 Å². The van der Waals surface area contributed by atoms with E-state index in [1.54, 1.807) is 0 Å². The third kappa shape index (κ3) is 4.21. The largest absolute Gasteiger partial charge is 0.493 e. The fourth-order valence-corrected chi connectivity index (χ4v) is 1.42. The van der Waals surface area contributed by atoms with Crippen molar-refractivity contribution in [2.24, 2.45) is 16.5 Å². The highest BCUT2D eigenvalue weighted by Crippen LogP contribution is 2.18. The molecule has 4 nitrogen and oxygen atoms in total. The molecule has 4 N–H and O–H groups in total. The van der Waals surface area contributed by atoms with E-state index in [1.807, 2.05) is 19.1 Å². The first-order valence-corrected chi connectivity index (χ1v) is 5.35. The fraction of sp³-hybridized carbons (Fsp3) is 0.417. The molecular formula is C12H19N3O. The second kappa shape index (κ2) is 6.00.